The minimum atomic E-state index is -4.59. The van der Waals surface area contributed by atoms with Gasteiger partial charge in [-0.2, -0.15) is 13.2 Å². The lowest BCUT2D eigenvalue weighted by Crippen LogP contribution is -2.28. The Bertz CT molecular complexity index is 1130. The zero-order chi connectivity index (χ0) is 24.8. The van der Waals surface area contributed by atoms with Gasteiger partial charge in [0.15, 0.2) is 0 Å². The number of aromatic nitrogens is 1. The highest BCUT2D eigenvalue weighted by molar-refractivity contribution is 7.92. The van der Waals surface area contributed by atoms with Crippen molar-refractivity contribution in [2.24, 2.45) is 0 Å². The lowest BCUT2D eigenvalue weighted by molar-refractivity contribution is -0.141. The molecular weight excluding hydrogens is 462 g/mol. The topological polar surface area (TPSA) is 88.2 Å². The zero-order valence-corrected chi connectivity index (χ0v) is 19.1. The zero-order valence-electron chi connectivity index (χ0n) is 18.3. The van der Waals surface area contributed by atoms with Crippen LogP contribution >= 0.6 is 0 Å². The Morgan fingerprint density at radius 1 is 1.21 bits per heavy atom. The quantitative estimate of drug-likeness (QED) is 0.496. The number of rotatable bonds is 9. The van der Waals surface area contributed by atoms with Gasteiger partial charge in [0, 0.05) is 6.54 Å². The van der Waals surface area contributed by atoms with Gasteiger partial charge in [0.2, 0.25) is 15.9 Å². The fourth-order valence-corrected chi connectivity index (χ4v) is 3.45. The number of allylic oxidation sites excluding steroid dienone is 1. The van der Waals surface area contributed by atoms with Gasteiger partial charge in [-0.25, -0.2) is 17.8 Å². The number of nitrogens with one attached hydrogen (secondary N) is 2. The second-order valence-electron chi connectivity index (χ2n) is 7.48. The molecule has 0 saturated carbocycles. The highest BCUT2D eigenvalue weighted by Gasteiger charge is 2.32. The molecule has 6 nitrogen and oxygen atoms in total. The van der Waals surface area contributed by atoms with Crippen LogP contribution in [0.2, 0.25) is 0 Å². The summed E-state index contributed by atoms with van der Waals surface area (Å²) in [6.45, 7) is 3.39. The molecule has 2 N–H and O–H groups in total. The lowest BCUT2D eigenvalue weighted by Gasteiger charge is -2.15. The second-order valence-corrected chi connectivity index (χ2v) is 9.23. The molecule has 1 atom stereocenters. The number of anilines is 1. The normalized spacial score (nSPS) is 13.2. The molecule has 0 spiro atoms. The third-order valence-corrected chi connectivity index (χ3v) is 5.26. The van der Waals surface area contributed by atoms with E-state index in [1.165, 1.54) is 31.2 Å². The number of sulfonamides is 1. The van der Waals surface area contributed by atoms with Gasteiger partial charge < -0.3 is 5.32 Å². The molecule has 0 bridgehead atoms. The monoisotopic (exact) mass is 487 g/mol. The molecule has 1 heterocycles. The standard InChI is InChI=1S/C22H25F4N3O3S/c1-4-5-6-7-18-16(9-11-20(28-18)22(24,25)26)13-27-21(30)14(2)15-8-10-19(17(23)12-15)29-33(3,31)32/h6-12,14,29H,4-5,13H2,1-3H3,(H,27,30). The molecule has 2 aromatic rings. The van der Waals surface area contributed by atoms with E-state index in [9.17, 15) is 30.8 Å². The molecule has 0 aliphatic carbocycles. The van der Waals surface area contributed by atoms with E-state index in [-0.39, 0.29) is 17.9 Å². The number of unbranched alkanes of at least 4 members (excludes halogenated alkanes) is 1. The molecule has 11 heteroatoms. The van der Waals surface area contributed by atoms with Crippen LogP contribution in [0.1, 0.15) is 55.1 Å². The molecule has 0 radical (unpaired) electrons. The van der Waals surface area contributed by atoms with E-state index in [1.807, 2.05) is 11.6 Å². The van der Waals surface area contributed by atoms with Crippen LogP contribution in [0, 0.1) is 5.82 Å². The van der Waals surface area contributed by atoms with Crippen molar-refractivity contribution in [3.8, 4) is 0 Å². The Hall–Kier alpha value is -2.95. The number of halogens is 4. The van der Waals surface area contributed by atoms with Gasteiger partial charge in [0.25, 0.3) is 0 Å². The summed E-state index contributed by atoms with van der Waals surface area (Å²) in [6.07, 6.45) is 0.979. The number of pyridine rings is 1. The van der Waals surface area contributed by atoms with Gasteiger partial charge in [0.05, 0.1) is 23.6 Å². The van der Waals surface area contributed by atoms with Crippen LogP contribution in [0.4, 0.5) is 23.2 Å². The number of amides is 1. The fourth-order valence-electron chi connectivity index (χ4n) is 2.89. The van der Waals surface area contributed by atoms with Crippen molar-refractivity contribution in [3.63, 3.8) is 0 Å². The van der Waals surface area contributed by atoms with Crippen LogP contribution in [-0.2, 0) is 27.5 Å². The van der Waals surface area contributed by atoms with E-state index in [0.29, 0.717) is 17.5 Å². The summed E-state index contributed by atoms with van der Waals surface area (Å²) in [4.78, 5) is 16.3. The van der Waals surface area contributed by atoms with Crippen LogP contribution in [0.3, 0.4) is 0 Å². The van der Waals surface area contributed by atoms with E-state index in [1.54, 1.807) is 6.08 Å². The van der Waals surface area contributed by atoms with Crippen LogP contribution in [0.5, 0.6) is 0 Å². The number of hydrogen-bond donors (Lipinski definition) is 2. The minimum absolute atomic E-state index is 0.0731. The Morgan fingerprint density at radius 3 is 2.48 bits per heavy atom. The average molecular weight is 488 g/mol. The molecular formula is C22H25F4N3O3S. The predicted molar refractivity (Wildman–Crippen MR) is 118 cm³/mol. The third kappa shape index (κ3) is 7.85. The van der Waals surface area contributed by atoms with E-state index in [4.69, 9.17) is 0 Å². The van der Waals surface area contributed by atoms with E-state index in [2.05, 4.69) is 10.3 Å². The lowest BCUT2D eigenvalue weighted by atomic mass is 9.99. The molecule has 33 heavy (non-hydrogen) atoms. The summed E-state index contributed by atoms with van der Waals surface area (Å²) in [6, 6.07) is 5.80. The highest BCUT2D eigenvalue weighted by atomic mass is 32.2. The Balaban J connectivity index is 2.17. The molecule has 1 aromatic heterocycles. The summed E-state index contributed by atoms with van der Waals surface area (Å²) in [7, 11) is -3.66. The number of carbonyl (C=O) groups excluding carboxylic acids is 1. The number of hydrogen-bond acceptors (Lipinski definition) is 4. The van der Waals surface area contributed by atoms with Crippen LogP contribution in [-0.4, -0.2) is 25.6 Å². The molecule has 2 rings (SSSR count). The van der Waals surface area contributed by atoms with Crippen LogP contribution in [0.25, 0.3) is 6.08 Å². The molecule has 0 aliphatic rings. The molecule has 0 saturated heterocycles. The first-order chi connectivity index (χ1) is 15.3. The van der Waals surface area contributed by atoms with Gasteiger partial charge in [-0.1, -0.05) is 31.6 Å². The Kier molecular flexibility index (Phi) is 8.59. The van der Waals surface area contributed by atoms with Crippen LogP contribution in [0.15, 0.2) is 36.4 Å². The van der Waals surface area contributed by atoms with Crippen molar-refractivity contribution in [3.05, 3.63) is 64.7 Å². The van der Waals surface area contributed by atoms with Gasteiger partial charge in [-0.05, 0) is 48.7 Å². The SMILES string of the molecule is CCCC=Cc1nc(C(F)(F)F)ccc1CNC(=O)C(C)c1ccc(NS(C)(=O)=O)c(F)c1. The van der Waals surface area contributed by atoms with Crippen molar-refractivity contribution >= 4 is 27.7 Å². The summed E-state index contributed by atoms with van der Waals surface area (Å²) >= 11 is 0. The number of benzene rings is 1. The maximum atomic E-state index is 14.2. The van der Waals surface area contributed by atoms with Crippen molar-refractivity contribution in [2.45, 2.75) is 45.3 Å². The van der Waals surface area contributed by atoms with Gasteiger partial charge in [-0.15, -0.1) is 0 Å². The smallest absolute Gasteiger partial charge is 0.351 e. The van der Waals surface area contributed by atoms with Crippen LogP contribution < -0.4 is 10.0 Å². The van der Waals surface area contributed by atoms with E-state index < -0.39 is 39.5 Å². The summed E-state index contributed by atoms with van der Waals surface area (Å²) in [5, 5.41) is 2.63. The molecule has 1 aromatic carbocycles. The maximum absolute atomic E-state index is 14.2. The number of alkyl halides is 3. The van der Waals surface area contributed by atoms with Crippen molar-refractivity contribution in [1.29, 1.82) is 0 Å². The molecule has 0 aliphatic heterocycles. The van der Waals surface area contributed by atoms with Crippen molar-refractivity contribution in [1.82, 2.24) is 10.3 Å². The van der Waals surface area contributed by atoms with E-state index in [0.717, 1.165) is 24.8 Å². The second kappa shape index (κ2) is 10.8. The summed E-state index contributed by atoms with van der Waals surface area (Å²) < 4.78 is 77.9. The Labute approximate surface area is 190 Å². The fraction of sp³-hybridized carbons (Fsp3) is 0.364. The van der Waals surface area contributed by atoms with Gasteiger partial charge >= 0.3 is 6.18 Å². The third-order valence-electron chi connectivity index (χ3n) is 4.67. The minimum Gasteiger partial charge on any atom is -0.351 e. The summed E-state index contributed by atoms with van der Waals surface area (Å²) in [5.74, 6) is -2.12. The highest BCUT2D eigenvalue weighted by Crippen LogP contribution is 2.29. The molecule has 0 fully saturated rings. The van der Waals surface area contributed by atoms with Crippen molar-refractivity contribution < 1.29 is 30.8 Å². The first kappa shape index (κ1) is 26.3. The Morgan fingerprint density at radius 2 is 1.91 bits per heavy atom. The molecule has 1 amide bonds. The van der Waals surface area contributed by atoms with Crippen molar-refractivity contribution in [2.75, 3.05) is 11.0 Å². The number of carbonyl (C=O) groups is 1. The maximum Gasteiger partial charge on any atom is 0.433 e. The first-order valence-corrected chi connectivity index (χ1v) is 12.0. The number of nitrogens with zero attached hydrogens (tertiary/aromatic N) is 1. The molecule has 1 unspecified atom stereocenters. The van der Waals surface area contributed by atoms with Gasteiger partial charge in [0.1, 0.15) is 11.5 Å². The largest absolute Gasteiger partial charge is 0.433 e. The average Bonchev–Trinajstić information content (AvgIpc) is 2.72. The molecule has 180 valence electrons. The predicted octanol–water partition coefficient (Wildman–Crippen LogP) is 4.84. The summed E-state index contributed by atoms with van der Waals surface area (Å²) in [5.41, 5.74) is -0.463. The first-order valence-electron chi connectivity index (χ1n) is 10.1. The van der Waals surface area contributed by atoms with Gasteiger partial charge in [-0.3, -0.25) is 9.52 Å². The van der Waals surface area contributed by atoms with E-state index >= 15 is 0 Å².